The Morgan fingerprint density at radius 1 is 1.29 bits per heavy atom. The minimum absolute atomic E-state index is 0.202. The highest BCUT2D eigenvalue weighted by atomic mass is 16.5. The third-order valence-corrected chi connectivity index (χ3v) is 2.93. The van der Waals surface area contributed by atoms with Crippen LogP contribution in [0.2, 0.25) is 0 Å². The maximum Gasteiger partial charge on any atom is 0.146 e. The summed E-state index contributed by atoms with van der Waals surface area (Å²) in [5, 5.41) is 9.69. The monoisotopic (exact) mass is 239 g/mol. The summed E-state index contributed by atoms with van der Waals surface area (Å²) in [7, 11) is 3.17. The Labute approximate surface area is 100 Å². The van der Waals surface area contributed by atoms with Gasteiger partial charge in [-0.2, -0.15) is 0 Å². The average Bonchev–Trinajstić information content (AvgIpc) is 2.37. The Balaban J connectivity index is 2.34. The molecule has 94 valence electrons. The molecule has 2 atom stereocenters. The summed E-state index contributed by atoms with van der Waals surface area (Å²) in [5.74, 6) is 1.26. The molecule has 1 aliphatic heterocycles. The van der Waals surface area contributed by atoms with Gasteiger partial charge in [0.15, 0.2) is 0 Å². The zero-order chi connectivity index (χ0) is 12.3. The maximum atomic E-state index is 9.69. The van der Waals surface area contributed by atoms with Gasteiger partial charge in [0.05, 0.1) is 44.4 Å². The lowest BCUT2D eigenvalue weighted by molar-refractivity contribution is -0.0464. The number of methoxy groups -OCH3 is 2. The number of aliphatic hydroxyl groups is 1. The molecule has 0 spiro atoms. The molecule has 5 heteroatoms. The first-order valence-electron chi connectivity index (χ1n) is 5.61. The number of hydrogen-bond donors (Lipinski definition) is 1. The lowest BCUT2D eigenvalue weighted by atomic mass is 9.99. The predicted octanol–water partition coefficient (Wildman–Crippen LogP) is 1.31. The van der Waals surface area contributed by atoms with Gasteiger partial charge in [-0.05, 0) is 6.42 Å². The molecule has 2 rings (SSSR count). The summed E-state index contributed by atoms with van der Waals surface area (Å²) >= 11 is 0. The molecule has 1 aromatic heterocycles. The van der Waals surface area contributed by atoms with Gasteiger partial charge < -0.3 is 19.3 Å². The van der Waals surface area contributed by atoms with E-state index in [-0.39, 0.29) is 12.2 Å². The molecular weight excluding hydrogens is 222 g/mol. The standard InChI is InChI=1S/C12H17NO4/c1-15-10-6-13-7-11(16-2)12(10)9-5-8(14)3-4-17-9/h6-9,14H,3-5H2,1-2H3. The van der Waals surface area contributed by atoms with Crippen molar-refractivity contribution in [2.75, 3.05) is 20.8 Å². The quantitative estimate of drug-likeness (QED) is 0.861. The molecular formula is C12H17NO4. The number of rotatable bonds is 3. The second-order valence-corrected chi connectivity index (χ2v) is 4.00. The van der Waals surface area contributed by atoms with Gasteiger partial charge in [0.25, 0.3) is 0 Å². The fourth-order valence-electron chi connectivity index (χ4n) is 2.06. The van der Waals surface area contributed by atoms with Crippen molar-refractivity contribution in [3.8, 4) is 11.5 Å². The van der Waals surface area contributed by atoms with Crippen LogP contribution in [0.25, 0.3) is 0 Å². The molecule has 2 heterocycles. The molecule has 2 unspecified atom stereocenters. The Kier molecular flexibility index (Phi) is 3.81. The van der Waals surface area contributed by atoms with E-state index in [1.165, 1.54) is 0 Å². The molecule has 0 bridgehead atoms. The number of aliphatic hydroxyl groups excluding tert-OH is 1. The van der Waals surface area contributed by atoms with Gasteiger partial charge in [0.2, 0.25) is 0 Å². The van der Waals surface area contributed by atoms with E-state index in [0.717, 1.165) is 5.56 Å². The maximum absolute atomic E-state index is 9.69. The van der Waals surface area contributed by atoms with Crippen molar-refractivity contribution in [1.82, 2.24) is 4.98 Å². The van der Waals surface area contributed by atoms with Crippen molar-refractivity contribution in [2.24, 2.45) is 0 Å². The van der Waals surface area contributed by atoms with Gasteiger partial charge in [-0.3, -0.25) is 4.98 Å². The molecule has 1 aliphatic rings. The Morgan fingerprint density at radius 2 is 1.94 bits per heavy atom. The first kappa shape index (κ1) is 12.1. The molecule has 17 heavy (non-hydrogen) atoms. The van der Waals surface area contributed by atoms with Gasteiger partial charge in [0, 0.05) is 13.0 Å². The van der Waals surface area contributed by atoms with Gasteiger partial charge in [-0.25, -0.2) is 0 Å². The average molecular weight is 239 g/mol. The molecule has 1 fully saturated rings. The van der Waals surface area contributed by atoms with E-state index in [9.17, 15) is 5.11 Å². The molecule has 1 N–H and O–H groups in total. The number of aromatic nitrogens is 1. The Bertz CT molecular complexity index is 361. The summed E-state index contributed by atoms with van der Waals surface area (Å²) in [5.41, 5.74) is 0.823. The largest absolute Gasteiger partial charge is 0.495 e. The second kappa shape index (κ2) is 5.33. The normalized spacial score (nSPS) is 24.4. The molecule has 0 saturated carbocycles. The molecule has 0 aliphatic carbocycles. The van der Waals surface area contributed by atoms with Crippen LogP contribution in [0.1, 0.15) is 24.5 Å². The summed E-state index contributed by atoms with van der Waals surface area (Å²) in [6, 6.07) is 0. The topological polar surface area (TPSA) is 60.8 Å². The second-order valence-electron chi connectivity index (χ2n) is 4.00. The van der Waals surface area contributed by atoms with E-state index < -0.39 is 0 Å². The van der Waals surface area contributed by atoms with Gasteiger partial charge in [-0.15, -0.1) is 0 Å². The molecule has 1 aromatic rings. The molecule has 0 radical (unpaired) electrons. The number of hydrogen-bond acceptors (Lipinski definition) is 5. The van der Waals surface area contributed by atoms with Crippen molar-refractivity contribution >= 4 is 0 Å². The first-order chi connectivity index (χ1) is 8.26. The van der Waals surface area contributed by atoms with Crippen LogP contribution in [0.15, 0.2) is 12.4 Å². The predicted molar refractivity (Wildman–Crippen MR) is 61.3 cm³/mol. The van der Waals surface area contributed by atoms with Gasteiger partial charge in [-0.1, -0.05) is 0 Å². The highest BCUT2D eigenvalue weighted by Crippen LogP contribution is 2.39. The van der Waals surface area contributed by atoms with E-state index in [1.54, 1.807) is 26.6 Å². The van der Waals surface area contributed by atoms with Crippen LogP contribution < -0.4 is 9.47 Å². The summed E-state index contributed by atoms with van der Waals surface area (Å²) in [4.78, 5) is 4.03. The van der Waals surface area contributed by atoms with Crippen molar-refractivity contribution in [2.45, 2.75) is 25.0 Å². The number of nitrogens with zero attached hydrogens (tertiary/aromatic N) is 1. The van der Waals surface area contributed by atoms with Crippen LogP contribution in [0.3, 0.4) is 0 Å². The lowest BCUT2D eigenvalue weighted by Gasteiger charge is -2.28. The minimum Gasteiger partial charge on any atom is -0.495 e. The zero-order valence-corrected chi connectivity index (χ0v) is 10.0. The van der Waals surface area contributed by atoms with E-state index in [0.29, 0.717) is 30.9 Å². The fraction of sp³-hybridized carbons (Fsp3) is 0.583. The Hall–Kier alpha value is -1.33. The summed E-state index contributed by atoms with van der Waals surface area (Å²) < 4.78 is 16.2. The minimum atomic E-state index is -0.337. The van der Waals surface area contributed by atoms with Gasteiger partial charge >= 0.3 is 0 Å². The van der Waals surface area contributed by atoms with E-state index in [1.807, 2.05) is 0 Å². The van der Waals surface area contributed by atoms with Crippen LogP contribution in [0.4, 0.5) is 0 Å². The van der Waals surface area contributed by atoms with E-state index in [2.05, 4.69) is 4.98 Å². The van der Waals surface area contributed by atoms with Crippen LogP contribution >= 0.6 is 0 Å². The third kappa shape index (κ3) is 2.50. The molecule has 1 saturated heterocycles. The number of ether oxygens (including phenoxy) is 3. The van der Waals surface area contributed by atoms with Crippen LogP contribution in [-0.4, -0.2) is 37.0 Å². The highest BCUT2D eigenvalue weighted by Gasteiger charge is 2.28. The Morgan fingerprint density at radius 3 is 2.47 bits per heavy atom. The molecule has 5 nitrogen and oxygen atoms in total. The molecule has 0 aromatic carbocycles. The van der Waals surface area contributed by atoms with Crippen LogP contribution in [0, 0.1) is 0 Å². The number of pyridine rings is 1. The van der Waals surface area contributed by atoms with Crippen LogP contribution in [0.5, 0.6) is 11.5 Å². The zero-order valence-electron chi connectivity index (χ0n) is 10.0. The summed E-state index contributed by atoms with van der Waals surface area (Å²) in [6.07, 6.45) is 3.94. The van der Waals surface area contributed by atoms with Crippen molar-refractivity contribution in [3.05, 3.63) is 18.0 Å². The first-order valence-corrected chi connectivity index (χ1v) is 5.61. The highest BCUT2D eigenvalue weighted by molar-refractivity contribution is 5.43. The third-order valence-electron chi connectivity index (χ3n) is 2.93. The van der Waals surface area contributed by atoms with E-state index in [4.69, 9.17) is 14.2 Å². The SMILES string of the molecule is COc1cncc(OC)c1C1CC(O)CCO1. The van der Waals surface area contributed by atoms with Crippen LogP contribution in [-0.2, 0) is 4.74 Å². The van der Waals surface area contributed by atoms with E-state index >= 15 is 0 Å². The summed E-state index contributed by atoms with van der Waals surface area (Å²) in [6.45, 7) is 0.542. The van der Waals surface area contributed by atoms with Gasteiger partial charge in [0.1, 0.15) is 11.5 Å². The smallest absolute Gasteiger partial charge is 0.146 e. The van der Waals surface area contributed by atoms with Crippen molar-refractivity contribution in [3.63, 3.8) is 0 Å². The van der Waals surface area contributed by atoms with Crippen molar-refractivity contribution in [1.29, 1.82) is 0 Å². The fourth-order valence-corrected chi connectivity index (χ4v) is 2.06. The van der Waals surface area contributed by atoms with Crippen molar-refractivity contribution < 1.29 is 19.3 Å². The molecule has 0 amide bonds. The lowest BCUT2D eigenvalue weighted by Crippen LogP contribution is -2.24.